The van der Waals surface area contributed by atoms with Gasteiger partial charge in [-0.1, -0.05) is 174 Å². The Bertz CT molecular complexity index is 2930. The van der Waals surface area contributed by atoms with Crippen LogP contribution >= 0.6 is 34.4 Å². The van der Waals surface area contributed by atoms with E-state index < -0.39 is 0 Å². The minimum absolute atomic E-state index is 0.759. The Kier molecular flexibility index (Phi) is 16.4. The first kappa shape index (κ1) is 45.3. The Morgan fingerprint density at radius 2 is 0.800 bits per heavy atom. The zero-order chi connectivity index (χ0) is 44.5. The monoisotopic (exact) mass is 902 g/mol. The fourth-order valence-corrected chi connectivity index (χ4v) is 10.4. The summed E-state index contributed by atoms with van der Waals surface area (Å²) in [5.74, 6) is 28.0. The minimum Gasteiger partial charge on any atom is -0.384 e. The normalized spacial score (nSPS) is 10.7. The van der Waals surface area contributed by atoms with E-state index in [0.29, 0.717) is 0 Å². The molecule has 0 atom stereocenters. The van der Waals surface area contributed by atoms with E-state index in [1.54, 1.807) is 22.7 Å². The van der Waals surface area contributed by atoms with E-state index in [0.717, 1.165) is 112 Å². The summed E-state index contributed by atoms with van der Waals surface area (Å²) in [5.41, 5.74) is 9.19. The quantitative estimate of drug-likeness (QED) is 0.0749. The van der Waals surface area contributed by atoms with Gasteiger partial charge >= 0.3 is 0 Å². The third kappa shape index (κ3) is 11.9. The number of para-hydroxylation sites is 2. The van der Waals surface area contributed by atoms with Gasteiger partial charge < -0.3 is 10.6 Å². The van der Waals surface area contributed by atoms with Crippen molar-refractivity contribution in [3.05, 3.63) is 152 Å². The maximum Gasteiger partial charge on any atom is 0.121 e. The first-order chi connectivity index (χ1) is 32.2. The van der Waals surface area contributed by atoms with E-state index in [9.17, 15) is 0 Å². The topological polar surface area (TPSA) is 49.8 Å². The highest BCUT2D eigenvalue weighted by atomic mass is 32.1. The molecule has 3 heterocycles. The van der Waals surface area contributed by atoms with Crippen LogP contribution in [0.25, 0.3) is 31.2 Å². The number of nitrogens with one attached hydrogen (secondary N) is 2. The number of hydrogen-bond acceptors (Lipinski definition) is 7. The van der Waals surface area contributed by atoms with Crippen LogP contribution in [0.3, 0.4) is 0 Å². The van der Waals surface area contributed by atoms with Gasteiger partial charge in [0.1, 0.15) is 11.0 Å². The summed E-state index contributed by atoms with van der Waals surface area (Å²) in [7, 11) is 0. The lowest BCUT2D eigenvalue weighted by Crippen LogP contribution is -2.03. The van der Waals surface area contributed by atoms with Crippen LogP contribution in [-0.4, -0.2) is 21.8 Å². The molecule has 324 valence electrons. The van der Waals surface area contributed by atoms with Crippen molar-refractivity contribution in [2.75, 3.05) is 23.7 Å². The number of anilines is 2. The highest BCUT2D eigenvalue weighted by Gasteiger charge is 2.13. The van der Waals surface area contributed by atoms with Crippen molar-refractivity contribution < 1.29 is 0 Å². The molecule has 65 heavy (non-hydrogen) atoms. The van der Waals surface area contributed by atoms with Crippen LogP contribution in [0, 0.1) is 47.4 Å². The van der Waals surface area contributed by atoms with Crippen molar-refractivity contribution in [3.63, 3.8) is 0 Å². The van der Waals surface area contributed by atoms with Crippen molar-refractivity contribution in [1.29, 1.82) is 0 Å². The standard InChI is InChI=1S/C58H54N4S3/c1-3-5-7-9-11-21-41-59-51-27-17-13-23-43(51)33-37-49-47-25-15-19-29-53(47)63-55(49)39-35-45-31-32-46(58-57(45)61-65-62-58)36-40-56-50(48-26-16-20-30-54(48)64-56)38-34-44-24-14-18-28-52(44)60-42-22-12-10-8-6-4-2/h13-20,23-32,59-60H,3-12,21-22,41-42H2,1-2H3. The van der Waals surface area contributed by atoms with Crippen molar-refractivity contribution in [1.82, 2.24) is 8.75 Å². The molecule has 8 rings (SSSR count). The largest absolute Gasteiger partial charge is 0.384 e. The Labute approximate surface area is 397 Å². The molecule has 0 unspecified atom stereocenters. The molecule has 0 fully saturated rings. The van der Waals surface area contributed by atoms with Crippen LogP contribution in [-0.2, 0) is 0 Å². The number of nitrogens with zero attached hydrogens (tertiary/aromatic N) is 2. The van der Waals surface area contributed by atoms with Crippen LogP contribution in [0.15, 0.2) is 109 Å². The van der Waals surface area contributed by atoms with E-state index in [1.165, 1.54) is 75.9 Å². The summed E-state index contributed by atoms with van der Waals surface area (Å²) in [4.78, 5) is 1.87. The highest BCUT2D eigenvalue weighted by Crippen LogP contribution is 2.32. The molecular formula is C58H54N4S3. The van der Waals surface area contributed by atoms with Gasteiger partial charge in [-0.05, 0) is 73.2 Å². The number of fused-ring (bicyclic) bond motifs is 3. The van der Waals surface area contributed by atoms with Crippen molar-refractivity contribution >= 4 is 77.0 Å². The fourth-order valence-electron chi connectivity index (χ4n) is 7.84. The average Bonchev–Trinajstić information content (AvgIpc) is 4.07. The molecule has 5 aromatic carbocycles. The molecule has 2 N–H and O–H groups in total. The zero-order valence-electron chi connectivity index (χ0n) is 37.4. The lowest BCUT2D eigenvalue weighted by molar-refractivity contribution is 0.617. The van der Waals surface area contributed by atoms with Crippen molar-refractivity contribution in [2.45, 2.75) is 90.9 Å². The van der Waals surface area contributed by atoms with Gasteiger partial charge in [-0.3, -0.25) is 0 Å². The second-order valence-electron chi connectivity index (χ2n) is 16.2. The summed E-state index contributed by atoms with van der Waals surface area (Å²) >= 11 is 4.54. The Balaban J connectivity index is 1.04. The summed E-state index contributed by atoms with van der Waals surface area (Å²) in [6, 6.07) is 37.6. The lowest BCUT2D eigenvalue weighted by atomic mass is 10.1. The van der Waals surface area contributed by atoms with Gasteiger partial charge in [0.2, 0.25) is 0 Å². The van der Waals surface area contributed by atoms with Crippen LogP contribution in [0.2, 0.25) is 0 Å². The smallest absolute Gasteiger partial charge is 0.121 e. The van der Waals surface area contributed by atoms with E-state index in [2.05, 4.69) is 169 Å². The van der Waals surface area contributed by atoms with Crippen LogP contribution < -0.4 is 10.6 Å². The maximum absolute atomic E-state index is 4.72. The number of aromatic nitrogens is 2. The molecule has 0 aliphatic heterocycles. The highest BCUT2D eigenvalue weighted by molar-refractivity contribution is 7.20. The Hall–Kier alpha value is -6.32. The van der Waals surface area contributed by atoms with E-state index in [4.69, 9.17) is 8.75 Å². The Morgan fingerprint density at radius 3 is 1.28 bits per heavy atom. The summed E-state index contributed by atoms with van der Waals surface area (Å²) in [6.07, 6.45) is 15.3. The average molecular weight is 903 g/mol. The molecule has 0 aliphatic carbocycles. The predicted octanol–water partition coefficient (Wildman–Crippen LogP) is 15.3. The molecule has 0 bridgehead atoms. The first-order valence-electron chi connectivity index (χ1n) is 23.2. The predicted molar refractivity (Wildman–Crippen MR) is 282 cm³/mol. The summed E-state index contributed by atoms with van der Waals surface area (Å²) < 4.78 is 11.8. The number of hydrogen-bond donors (Lipinski definition) is 2. The maximum atomic E-state index is 4.72. The second kappa shape index (κ2) is 23.6. The minimum atomic E-state index is 0.759. The molecule has 0 saturated carbocycles. The summed E-state index contributed by atoms with van der Waals surface area (Å²) in [5, 5.41) is 9.53. The van der Waals surface area contributed by atoms with Crippen LogP contribution in [0.1, 0.15) is 134 Å². The molecule has 0 saturated heterocycles. The number of unbranched alkanes of at least 4 members (excludes halogenated alkanes) is 10. The van der Waals surface area contributed by atoms with Crippen LogP contribution in [0.5, 0.6) is 0 Å². The molecule has 0 aliphatic rings. The number of thiophene rings is 2. The Morgan fingerprint density at radius 1 is 0.400 bits per heavy atom. The fraction of sp³-hybridized carbons (Fsp3) is 0.276. The molecule has 8 aromatic rings. The molecule has 0 radical (unpaired) electrons. The molecule has 0 spiro atoms. The zero-order valence-corrected chi connectivity index (χ0v) is 39.9. The second-order valence-corrected chi connectivity index (χ2v) is 18.8. The van der Waals surface area contributed by atoms with Gasteiger partial charge in [-0.15, -0.1) is 22.7 Å². The third-order valence-corrected chi connectivity index (χ3v) is 14.1. The van der Waals surface area contributed by atoms with Crippen molar-refractivity contribution in [2.24, 2.45) is 0 Å². The van der Waals surface area contributed by atoms with Gasteiger partial charge in [0.15, 0.2) is 0 Å². The van der Waals surface area contributed by atoms with Crippen LogP contribution in [0.4, 0.5) is 11.4 Å². The first-order valence-corrected chi connectivity index (χ1v) is 25.6. The van der Waals surface area contributed by atoms with Gasteiger partial charge in [-0.25, -0.2) is 0 Å². The van der Waals surface area contributed by atoms with Crippen molar-refractivity contribution in [3.8, 4) is 47.4 Å². The summed E-state index contributed by atoms with van der Waals surface area (Å²) in [6.45, 7) is 6.41. The molecule has 7 heteroatoms. The van der Waals surface area contributed by atoms with Gasteiger partial charge in [0.05, 0.1) is 43.7 Å². The van der Waals surface area contributed by atoms with Gasteiger partial charge in [-0.2, -0.15) is 8.75 Å². The van der Waals surface area contributed by atoms with Gasteiger partial charge in [0, 0.05) is 55.8 Å². The van der Waals surface area contributed by atoms with Gasteiger partial charge in [0.25, 0.3) is 0 Å². The lowest BCUT2D eigenvalue weighted by Gasteiger charge is -2.08. The van der Waals surface area contributed by atoms with E-state index in [1.807, 2.05) is 12.1 Å². The van der Waals surface area contributed by atoms with E-state index in [-0.39, 0.29) is 0 Å². The van der Waals surface area contributed by atoms with E-state index >= 15 is 0 Å². The SMILES string of the molecule is CCCCCCCCNc1ccccc1C#Cc1c(C#Cc2ccc(C#Cc3sc4ccccc4c3C#Cc3ccccc3NCCCCCCCC)c3nsnc23)sc2ccccc12. The molecular weight excluding hydrogens is 849 g/mol. The third-order valence-electron chi connectivity index (χ3n) is 11.4. The molecule has 4 nitrogen and oxygen atoms in total. The molecule has 3 aromatic heterocycles. The molecule has 0 amide bonds. The number of benzene rings is 5. The number of rotatable bonds is 16.